The first-order valence-corrected chi connectivity index (χ1v) is 6.69. The van der Waals surface area contributed by atoms with Crippen LogP contribution >= 0.6 is 11.3 Å². The van der Waals surface area contributed by atoms with Gasteiger partial charge >= 0.3 is 0 Å². The van der Waals surface area contributed by atoms with E-state index in [0.29, 0.717) is 12.2 Å². The van der Waals surface area contributed by atoms with Gasteiger partial charge < -0.3 is 10.8 Å². The molecule has 2 aromatic rings. The highest BCUT2D eigenvalue weighted by Gasteiger charge is 2.13. The second-order valence-corrected chi connectivity index (χ2v) is 5.04. The predicted molar refractivity (Wildman–Crippen MR) is 74.3 cm³/mol. The van der Waals surface area contributed by atoms with E-state index in [1.807, 2.05) is 41.0 Å². The van der Waals surface area contributed by atoms with Crippen molar-refractivity contribution in [3.8, 4) is 0 Å². The van der Waals surface area contributed by atoms with Gasteiger partial charge in [0, 0.05) is 29.7 Å². The molecule has 0 saturated carbocycles. The normalized spacial score (nSPS) is 12.8. The summed E-state index contributed by atoms with van der Waals surface area (Å²) in [4.78, 5) is 6.26. The Kier molecular flexibility index (Phi) is 4.30. The lowest BCUT2D eigenvalue weighted by molar-refractivity contribution is 0.124. The van der Waals surface area contributed by atoms with Crippen molar-refractivity contribution in [1.29, 1.82) is 0 Å². The van der Waals surface area contributed by atoms with E-state index in [1.54, 1.807) is 17.4 Å². The summed E-state index contributed by atoms with van der Waals surface area (Å²) in [5, 5.41) is 12.2. The molecule has 5 heteroatoms. The highest BCUT2D eigenvalue weighted by molar-refractivity contribution is 7.07. The van der Waals surface area contributed by atoms with Crippen molar-refractivity contribution in [1.82, 2.24) is 9.88 Å². The molecule has 0 fully saturated rings. The van der Waals surface area contributed by atoms with E-state index in [1.165, 1.54) is 0 Å². The summed E-state index contributed by atoms with van der Waals surface area (Å²) >= 11 is 1.58. The van der Waals surface area contributed by atoms with Crippen molar-refractivity contribution in [3.05, 3.63) is 46.4 Å². The van der Waals surface area contributed by atoms with Crippen LogP contribution in [-0.4, -0.2) is 28.6 Å². The molecule has 0 aliphatic carbocycles. The number of nitrogens with zero attached hydrogens (tertiary/aromatic N) is 2. The molecule has 96 valence electrons. The van der Waals surface area contributed by atoms with Gasteiger partial charge in [-0.05, 0) is 13.1 Å². The van der Waals surface area contributed by atoms with Gasteiger partial charge in [0.2, 0.25) is 0 Å². The standard InChI is InChI=1S/C13H17N3OS/c1-16(6-10-8-18-9-15-10)7-13(17)11-4-2-3-5-12(11)14/h2-5,8-9,13,17H,6-7,14H2,1H3. The van der Waals surface area contributed by atoms with Gasteiger partial charge in [-0.15, -0.1) is 11.3 Å². The van der Waals surface area contributed by atoms with Gasteiger partial charge in [0.1, 0.15) is 0 Å². The van der Waals surface area contributed by atoms with Crippen LogP contribution in [0.2, 0.25) is 0 Å². The fraction of sp³-hybridized carbons (Fsp3) is 0.308. The van der Waals surface area contributed by atoms with Crippen molar-refractivity contribution in [3.63, 3.8) is 0 Å². The number of aromatic nitrogens is 1. The van der Waals surface area contributed by atoms with E-state index in [9.17, 15) is 5.11 Å². The molecule has 0 saturated heterocycles. The molecular weight excluding hydrogens is 246 g/mol. The number of nitrogen functional groups attached to an aromatic ring is 1. The highest BCUT2D eigenvalue weighted by Crippen LogP contribution is 2.20. The van der Waals surface area contributed by atoms with Gasteiger partial charge in [-0.2, -0.15) is 0 Å². The fourth-order valence-electron chi connectivity index (χ4n) is 1.86. The van der Waals surface area contributed by atoms with E-state index in [4.69, 9.17) is 5.73 Å². The van der Waals surface area contributed by atoms with Crippen LogP contribution in [0.4, 0.5) is 5.69 Å². The Morgan fingerprint density at radius 3 is 2.89 bits per heavy atom. The van der Waals surface area contributed by atoms with Gasteiger partial charge in [0.05, 0.1) is 17.3 Å². The molecule has 1 aromatic carbocycles. The Morgan fingerprint density at radius 2 is 2.22 bits per heavy atom. The average molecular weight is 263 g/mol. The van der Waals surface area contributed by atoms with Crippen molar-refractivity contribution in [2.75, 3.05) is 19.3 Å². The number of anilines is 1. The Bertz CT molecular complexity index is 487. The molecule has 0 aliphatic rings. The maximum absolute atomic E-state index is 10.2. The molecular formula is C13H17N3OS. The quantitative estimate of drug-likeness (QED) is 0.809. The minimum atomic E-state index is -0.574. The van der Waals surface area contributed by atoms with Crippen LogP contribution in [0.3, 0.4) is 0 Å². The maximum atomic E-state index is 10.2. The predicted octanol–water partition coefficient (Wildman–Crippen LogP) is 1.89. The third kappa shape index (κ3) is 3.29. The van der Waals surface area contributed by atoms with Crippen LogP contribution in [0.5, 0.6) is 0 Å². The number of rotatable bonds is 5. The number of para-hydroxylation sites is 1. The van der Waals surface area contributed by atoms with E-state index < -0.39 is 6.10 Å². The number of aliphatic hydroxyl groups excluding tert-OH is 1. The monoisotopic (exact) mass is 263 g/mol. The Labute approximate surface area is 111 Å². The molecule has 18 heavy (non-hydrogen) atoms. The van der Waals surface area contributed by atoms with Crippen LogP contribution < -0.4 is 5.73 Å². The molecule has 0 aliphatic heterocycles. The molecule has 0 spiro atoms. The summed E-state index contributed by atoms with van der Waals surface area (Å²) in [6.45, 7) is 1.26. The average Bonchev–Trinajstić information content (AvgIpc) is 2.82. The van der Waals surface area contributed by atoms with Crippen molar-refractivity contribution in [2.45, 2.75) is 12.6 Å². The fourth-order valence-corrected chi connectivity index (χ4v) is 2.41. The van der Waals surface area contributed by atoms with Gasteiger partial charge in [0.25, 0.3) is 0 Å². The minimum absolute atomic E-state index is 0.533. The Hall–Kier alpha value is -1.43. The smallest absolute Gasteiger partial charge is 0.0936 e. The second kappa shape index (κ2) is 5.95. The number of benzene rings is 1. The van der Waals surface area contributed by atoms with Gasteiger partial charge in [-0.1, -0.05) is 18.2 Å². The van der Waals surface area contributed by atoms with Crippen molar-refractivity contribution >= 4 is 17.0 Å². The summed E-state index contributed by atoms with van der Waals surface area (Å²) < 4.78 is 0. The zero-order chi connectivity index (χ0) is 13.0. The Balaban J connectivity index is 1.95. The maximum Gasteiger partial charge on any atom is 0.0936 e. The second-order valence-electron chi connectivity index (χ2n) is 4.32. The number of aliphatic hydroxyl groups is 1. The topological polar surface area (TPSA) is 62.4 Å². The molecule has 0 amide bonds. The molecule has 4 nitrogen and oxygen atoms in total. The largest absolute Gasteiger partial charge is 0.398 e. The van der Waals surface area contributed by atoms with E-state index >= 15 is 0 Å². The molecule has 0 radical (unpaired) electrons. The molecule has 1 atom stereocenters. The lowest BCUT2D eigenvalue weighted by atomic mass is 10.1. The SMILES string of the molecule is CN(Cc1cscn1)CC(O)c1ccccc1N. The molecule has 2 rings (SSSR count). The first kappa shape index (κ1) is 13.0. The van der Waals surface area contributed by atoms with Crippen LogP contribution in [0.15, 0.2) is 35.2 Å². The first-order valence-electron chi connectivity index (χ1n) is 5.75. The lowest BCUT2D eigenvalue weighted by Crippen LogP contribution is -2.24. The summed E-state index contributed by atoms with van der Waals surface area (Å²) in [6, 6.07) is 7.41. The molecule has 1 aromatic heterocycles. The van der Waals surface area contributed by atoms with Crippen LogP contribution in [0.1, 0.15) is 17.4 Å². The van der Waals surface area contributed by atoms with Crippen molar-refractivity contribution in [2.24, 2.45) is 0 Å². The van der Waals surface area contributed by atoms with Crippen molar-refractivity contribution < 1.29 is 5.11 Å². The molecule has 1 heterocycles. The van der Waals surface area contributed by atoms with Gasteiger partial charge in [-0.25, -0.2) is 4.98 Å². The number of nitrogens with two attached hydrogens (primary N) is 1. The first-order chi connectivity index (χ1) is 8.66. The lowest BCUT2D eigenvalue weighted by Gasteiger charge is -2.20. The third-order valence-corrected chi connectivity index (χ3v) is 3.39. The summed E-state index contributed by atoms with van der Waals surface area (Å²) in [5.41, 5.74) is 10.1. The third-order valence-electron chi connectivity index (χ3n) is 2.75. The number of hydrogen-bond donors (Lipinski definition) is 2. The minimum Gasteiger partial charge on any atom is -0.398 e. The molecule has 0 bridgehead atoms. The summed E-state index contributed by atoms with van der Waals surface area (Å²) in [6.07, 6.45) is -0.574. The summed E-state index contributed by atoms with van der Waals surface area (Å²) in [5.74, 6) is 0. The zero-order valence-corrected chi connectivity index (χ0v) is 11.1. The van der Waals surface area contributed by atoms with E-state index in [2.05, 4.69) is 4.98 Å². The molecule has 1 unspecified atom stereocenters. The number of hydrogen-bond acceptors (Lipinski definition) is 5. The zero-order valence-electron chi connectivity index (χ0n) is 10.3. The molecule has 3 N–H and O–H groups in total. The van der Waals surface area contributed by atoms with E-state index in [0.717, 1.165) is 17.8 Å². The van der Waals surface area contributed by atoms with Gasteiger partial charge in [0.15, 0.2) is 0 Å². The van der Waals surface area contributed by atoms with Crippen LogP contribution in [0, 0.1) is 0 Å². The van der Waals surface area contributed by atoms with E-state index in [-0.39, 0.29) is 0 Å². The summed E-state index contributed by atoms with van der Waals surface area (Å²) in [7, 11) is 1.96. The van der Waals surface area contributed by atoms with Gasteiger partial charge in [-0.3, -0.25) is 4.90 Å². The van der Waals surface area contributed by atoms with Crippen LogP contribution in [0.25, 0.3) is 0 Å². The van der Waals surface area contributed by atoms with Crippen LogP contribution in [-0.2, 0) is 6.54 Å². The highest BCUT2D eigenvalue weighted by atomic mass is 32.1. The Morgan fingerprint density at radius 1 is 1.44 bits per heavy atom. The number of thiazole rings is 1. The number of likely N-dealkylation sites (N-methyl/N-ethyl adjacent to an activating group) is 1.